The average Bonchev–Trinajstić information content (AvgIpc) is 3.07. The second kappa shape index (κ2) is 4.38. The normalized spacial score (nSPS) is 11.2. The van der Waals surface area contributed by atoms with Crippen LogP contribution < -0.4 is 5.32 Å². The number of pyridine rings is 1. The quantitative estimate of drug-likeness (QED) is 0.617. The topological polar surface area (TPSA) is 55.4 Å². The largest absolute Gasteiger partial charge is 0.424 e. The van der Waals surface area contributed by atoms with Crippen molar-refractivity contribution in [1.82, 2.24) is 14.4 Å². The van der Waals surface area contributed by atoms with E-state index < -0.39 is 0 Å². The van der Waals surface area contributed by atoms with Gasteiger partial charge < -0.3 is 14.1 Å². The minimum absolute atomic E-state index is 0.517. The molecule has 0 saturated carbocycles. The molecule has 98 valence electrons. The Balaban J connectivity index is 1.57. The van der Waals surface area contributed by atoms with Gasteiger partial charge in [-0.1, -0.05) is 18.2 Å². The van der Waals surface area contributed by atoms with Gasteiger partial charge in [-0.3, -0.25) is 0 Å². The molecule has 5 nitrogen and oxygen atoms in total. The molecule has 0 aliphatic heterocycles. The average molecular weight is 264 g/mol. The zero-order valence-corrected chi connectivity index (χ0v) is 10.7. The number of nitrogens with zero attached hydrogens (tertiary/aromatic N) is 3. The van der Waals surface area contributed by atoms with Gasteiger partial charge in [0.05, 0.1) is 12.2 Å². The molecule has 3 aromatic heterocycles. The summed E-state index contributed by atoms with van der Waals surface area (Å²) in [6, 6.07) is 14.1. The van der Waals surface area contributed by atoms with Gasteiger partial charge >= 0.3 is 0 Å². The highest BCUT2D eigenvalue weighted by atomic mass is 16.4. The van der Waals surface area contributed by atoms with E-state index in [0.29, 0.717) is 12.6 Å². The summed E-state index contributed by atoms with van der Waals surface area (Å²) >= 11 is 0. The Hall–Kier alpha value is -2.82. The summed E-state index contributed by atoms with van der Waals surface area (Å²) in [5.74, 6) is 0. The van der Waals surface area contributed by atoms with Crippen LogP contribution in [-0.2, 0) is 6.54 Å². The molecule has 20 heavy (non-hydrogen) atoms. The number of para-hydroxylation sites is 2. The van der Waals surface area contributed by atoms with Gasteiger partial charge in [0, 0.05) is 12.4 Å². The van der Waals surface area contributed by atoms with E-state index in [2.05, 4.69) is 15.3 Å². The summed E-state index contributed by atoms with van der Waals surface area (Å²) in [5, 5.41) is 3.16. The van der Waals surface area contributed by atoms with Crippen molar-refractivity contribution in [3.8, 4) is 0 Å². The lowest BCUT2D eigenvalue weighted by Crippen LogP contribution is -1.99. The summed E-state index contributed by atoms with van der Waals surface area (Å²) < 4.78 is 7.60. The van der Waals surface area contributed by atoms with E-state index in [-0.39, 0.29) is 0 Å². The van der Waals surface area contributed by atoms with Crippen molar-refractivity contribution < 1.29 is 4.42 Å². The first-order valence-electron chi connectivity index (χ1n) is 6.40. The summed E-state index contributed by atoms with van der Waals surface area (Å²) in [6.07, 6.45) is 3.97. The molecule has 0 saturated heterocycles. The second-order valence-electron chi connectivity index (χ2n) is 4.54. The Morgan fingerprint density at radius 2 is 1.95 bits per heavy atom. The Morgan fingerprint density at radius 1 is 1.05 bits per heavy atom. The molecule has 4 aromatic rings. The third-order valence-corrected chi connectivity index (χ3v) is 3.13. The first kappa shape index (κ1) is 11.0. The molecule has 5 heteroatoms. The molecule has 0 aliphatic rings. The zero-order chi connectivity index (χ0) is 13.4. The predicted molar refractivity (Wildman–Crippen MR) is 76.5 cm³/mol. The summed E-state index contributed by atoms with van der Waals surface area (Å²) in [4.78, 5) is 8.88. The molecular weight excluding hydrogens is 252 g/mol. The van der Waals surface area contributed by atoms with Crippen LogP contribution in [0.1, 0.15) is 5.69 Å². The molecule has 3 heterocycles. The summed E-state index contributed by atoms with van der Waals surface area (Å²) in [6.45, 7) is 0.578. The van der Waals surface area contributed by atoms with Gasteiger partial charge in [0.2, 0.25) is 0 Å². The van der Waals surface area contributed by atoms with Gasteiger partial charge in [0.15, 0.2) is 5.58 Å². The van der Waals surface area contributed by atoms with Crippen molar-refractivity contribution in [3.63, 3.8) is 0 Å². The number of hydrogen-bond acceptors (Lipinski definition) is 4. The van der Waals surface area contributed by atoms with Gasteiger partial charge in [-0.15, -0.1) is 0 Å². The van der Waals surface area contributed by atoms with E-state index in [9.17, 15) is 0 Å². The monoisotopic (exact) mass is 264 g/mol. The van der Waals surface area contributed by atoms with E-state index in [1.165, 1.54) is 0 Å². The SMILES string of the molecule is c1ccc2oc(NCc3cn4ccccc4n3)nc2c1. The first-order chi connectivity index (χ1) is 9.88. The molecule has 0 radical (unpaired) electrons. The predicted octanol–water partition coefficient (Wildman–Crippen LogP) is 3.09. The molecule has 0 spiro atoms. The van der Waals surface area contributed by atoms with Gasteiger partial charge in [0.1, 0.15) is 11.2 Å². The molecule has 0 aliphatic carbocycles. The lowest BCUT2D eigenvalue weighted by Gasteiger charge is -1.96. The fourth-order valence-electron chi connectivity index (χ4n) is 2.19. The van der Waals surface area contributed by atoms with Crippen LogP contribution in [0.25, 0.3) is 16.7 Å². The number of nitrogens with one attached hydrogen (secondary N) is 1. The minimum atomic E-state index is 0.517. The highest BCUT2D eigenvalue weighted by molar-refractivity contribution is 5.74. The number of hydrogen-bond donors (Lipinski definition) is 1. The molecular formula is C15H12N4O. The third kappa shape index (κ3) is 1.89. The Labute approximate surface area is 114 Å². The van der Waals surface area contributed by atoms with Crippen molar-refractivity contribution in [2.24, 2.45) is 0 Å². The summed E-state index contributed by atoms with van der Waals surface area (Å²) in [7, 11) is 0. The smallest absolute Gasteiger partial charge is 0.296 e. The number of anilines is 1. The maximum atomic E-state index is 5.61. The Kier molecular flexibility index (Phi) is 2.42. The van der Waals surface area contributed by atoms with Crippen molar-refractivity contribution in [2.45, 2.75) is 6.54 Å². The first-order valence-corrected chi connectivity index (χ1v) is 6.40. The van der Waals surface area contributed by atoms with Crippen LogP contribution in [0.2, 0.25) is 0 Å². The fraction of sp³-hybridized carbons (Fsp3) is 0.0667. The highest BCUT2D eigenvalue weighted by Crippen LogP contribution is 2.18. The Bertz CT molecular complexity index is 737. The Morgan fingerprint density at radius 3 is 2.85 bits per heavy atom. The van der Waals surface area contributed by atoms with Crippen molar-refractivity contribution in [1.29, 1.82) is 0 Å². The molecule has 4 rings (SSSR count). The van der Waals surface area contributed by atoms with Crippen molar-refractivity contribution in [3.05, 3.63) is 60.6 Å². The van der Waals surface area contributed by atoms with Gasteiger partial charge in [-0.2, -0.15) is 4.98 Å². The second-order valence-corrected chi connectivity index (χ2v) is 4.54. The van der Waals surface area contributed by atoms with Crippen molar-refractivity contribution in [2.75, 3.05) is 5.32 Å². The lowest BCUT2D eigenvalue weighted by atomic mass is 10.3. The van der Waals surface area contributed by atoms with Crippen LogP contribution in [0.5, 0.6) is 0 Å². The molecule has 1 N–H and O–H groups in total. The minimum Gasteiger partial charge on any atom is -0.424 e. The molecule has 0 amide bonds. The van der Waals surface area contributed by atoms with Crippen LogP contribution >= 0.6 is 0 Å². The van der Waals surface area contributed by atoms with Gasteiger partial charge in [-0.05, 0) is 24.3 Å². The van der Waals surface area contributed by atoms with E-state index in [4.69, 9.17) is 4.42 Å². The van der Waals surface area contributed by atoms with Crippen LogP contribution in [0.4, 0.5) is 6.01 Å². The molecule has 0 unspecified atom stereocenters. The lowest BCUT2D eigenvalue weighted by molar-refractivity contribution is 0.614. The molecule has 0 bridgehead atoms. The molecule has 1 aromatic carbocycles. The van der Waals surface area contributed by atoms with Crippen molar-refractivity contribution >= 4 is 22.8 Å². The van der Waals surface area contributed by atoms with E-state index in [0.717, 1.165) is 22.4 Å². The van der Waals surface area contributed by atoms with Gasteiger partial charge in [0.25, 0.3) is 6.01 Å². The highest BCUT2D eigenvalue weighted by Gasteiger charge is 2.06. The molecule has 0 atom stereocenters. The molecule has 0 fully saturated rings. The maximum Gasteiger partial charge on any atom is 0.296 e. The van der Waals surface area contributed by atoms with Crippen LogP contribution in [0, 0.1) is 0 Å². The van der Waals surface area contributed by atoms with Crippen LogP contribution in [0.15, 0.2) is 59.3 Å². The third-order valence-electron chi connectivity index (χ3n) is 3.13. The number of imidazole rings is 1. The van der Waals surface area contributed by atoms with E-state index >= 15 is 0 Å². The van der Waals surface area contributed by atoms with Gasteiger partial charge in [-0.25, -0.2) is 4.98 Å². The van der Waals surface area contributed by atoms with Crippen LogP contribution in [0.3, 0.4) is 0 Å². The summed E-state index contributed by atoms with van der Waals surface area (Å²) in [5.41, 5.74) is 3.51. The maximum absolute atomic E-state index is 5.61. The number of rotatable bonds is 3. The van der Waals surface area contributed by atoms with E-state index in [1.54, 1.807) is 0 Å². The fourth-order valence-corrected chi connectivity index (χ4v) is 2.19. The number of fused-ring (bicyclic) bond motifs is 2. The van der Waals surface area contributed by atoms with E-state index in [1.807, 2.05) is 59.3 Å². The number of aromatic nitrogens is 3. The zero-order valence-electron chi connectivity index (χ0n) is 10.7. The number of benzene rings is 1. The van der Waals surface area contributed by atoms with Crippen LogP contribution in [-0.4, -0.2) is 14.4 Å². The standard InChI is InChI=1S/C15H12N4O/c1-2-6-13-12(5-1)18-15(20-13)16-9-11-10-19-8-4-3-7-14(19)17-11/h1-8,10H,9H2,(H,16,18). The number of oxazole rings is 1.